The van der Waals surface area contributed by atoms with Crippen LogP contribution >= 0.6 is 0 Å². The first-order valence-electron chi connectivity index (χ1n) is 16.3. The molecule has 1 aromatic rings. The van der Waals surface area contributed by atoms with Crippen molar-refractivity contribution in [2.75, 3.05) is 25.0 Å². The zero-order chi connectivity index (χ0) is 36.1. The van der Waals surface area contributed by atoms with Gasteiger partial charge in [-0.2, -0.15) is 0 Å². The number of aliphatic hydroxyl groups is 1. The van der Waals surface area contributed by atoms with Gasteiger partial charge in [0.15, 0.2) is 6.10 Å². The lowest BCUT2D eigenvalue weighted by Crippen LogP contribution is -2.42. The van der Waals surface area contributed by atoms with Gasteiger partial charge in [0.2, 0.25) is 18.1 Å². The number of nitrogens with zero attached hydrogens (tertiary/aromatic N) is 1. The van der Waals surface area contributed by atoms with Crippen LogP contribution in [0, 0.1) is 0 Å². The van der Waals surface area contributed by atoms with Crippen LogP contribution in [0.15, 0.2) is 36.4 Å². The number of aliphatic carboxylic acids is 1. The number of rotatable bonds is 16. The first-order chi connectivity index (χ1) is 23.0. The monoisotopic (exact) mass is 675 g/mol. The van der Waals surface area contributed by atoms with Crippen molar-refractivity contribution in [3.8, 4) is 5.75 Å². The van der Waals surface area contributed by atoms with Gasteiger partial charge in [0.25, 0.3) is 11.8 Å². The summed E-state index contributed by atoms with van der Waals surface area (Å²) in [6.07, 6.45) is 4.38. The van der Waals surface area contributed by atoms with Crippen LogP contribution in [0.1, 0.15) is 85.1 Å². The van der Waals surface area contributed by atoms with E-state index in [-0.39, 0.29) is 68.0 Å². The molecule has 0 saturated carbocycles. The number of esters is 1. The molecule has 48 heavy (non-hydrogen) atoms. The van der Waals surface area contributed by atoms with Gasteiger partial charge in [-0.15, -0.1) is 0 Å². The summed E-state index contributed by atoms with van der Waals surface area (Å²) < 4.78 is 16.2. The van der Waals surface area contributed by atoms with E-state index < -0.39 is 36.3 Å². The molecular weight excluding hydrogens is 626 g/mol. The van der Waals surface area contributed by atoms with Crippen molar-refractivity contribution >= 4 is 47.3 Å². The Morgan fingerprint density at radius 1 is 0.979 bits per heavy atom. The van der Waals surface area contributed by atoms with Gasteiger partial charge in [-0.25, -0.2) is 4.79 Å². The van der Waals surface area contributed by atoms with Crippen LogP contribution in [0.3, 0.4) is 0 Å². The SMILES string of the molecule is CC.CC.CC(=O)OC/C=C/c1ccc(OC2CC(O)CC(C(=O)O)O2)c(NC(=O)CCNC(=O)CCCCCN2C(=O)C=CC2=O)c1. The quantitative estimate of drug-likeness (QED) is 0.114. The van der Waals surface area contributed by atoms with E-state index >= 15 is 0 Å². The Labute approximate surface area is 281 Å². The molecule has 0 spiro atoms. The third kappa shape index (κ3) is 15.4. The van der Waals surface area contributed by atoms with E-state index in [1.54, 1.807) is 30.4 Å². The van der Waals surface area contributed by atoms with E-state index in [0.29, 0.717) is 31.4 Å². The Balaban J connectivity index is 0.00000277. The van der Waals surface area contributed by atoms with Crippen LogP contribution in [-0.2, 0) is 38.2 Å². The van der Waals surface area contributed by atoms with Crippen LogP contribution in [0.5, 0.6) is 5.75 Å². The number of benzene rings is 1. The summed E-state index contributed by atoms with van der Waals surface area (Å²) in [4.78, 5) is 71.6. The van der Waals surface area contributed by atoms with Crippen molar-refractivity contribution < 1.29 is 53.2 Å². The number of anilines is 1. The van der Waals surface area contributed by atoms with Crippen molar-refractivity contribution in [1.29, 1.82) is 0 Å². The molecule has 266 valence electrons. The first kappa shape index (κ1) is 41.5. The maximum Gasteiger partial charge on any atom is 0.333 e. The smallest absolute Gasteiger partial charge is 0.333 e. The highest BCUT2D eigenvalue weighted by atomic mass is 16.7. The Morgan fingerprint density at radius 2 is 1.67 bits per heavy atom. The lowest BCUT2D eigenvalue weighted by molar-refractivity contribution is -0.195. The lowest BCUT2D eigenvalue weighted by Gasteiger charge is -2.31. The third-order valence-electron chi connectivity index (χ3n) is 6.63. The number of aliphatic hydroxyl groups excluding tert-OH is 1. The predicted octanol–water partition coefficient (Wildman–Crippen LogP) is 3.57. The van der Waals surface area contributed by atoms with Crippen molar-refractivity contribution in [3.63, 3.8) is 0 Å². The molecule has 4 amide bonds. The highest BCUT2D eigenvalue weighted by Crippen LogP contribution is 2.31. The van der Waals surface area contributed by atoms with Gasteiger partial charge in [0.05, 0.1) is 11.8 Å². The molecule has 2 heterocycles. The fraction of sp³-hybridized carbons (Fsp3) is 0.529. The number of imide groups is 1. The average Bonchev–Trinajstić information content (AvgIpc) is 3.38. The van der Waals surface area contributed by atoms with Crippen molar-refractivity contribution in [2.45, 2.75) is 98.1 Å². The van der Waals surface area contributed by atoms with Gasteiger partial charge in [-0.1, -0.05) is 46.3 Å². The number of carboxylic acids is 1. The molecule has 0 radical (unpaired) electrons. The summed E-state index contributed by atoms with van der Waals surface area (Å²) in [6.45, 7) is 9.71. The molecule has 1 fully saturated rings. The number of carbonyl (C=O) groups excluding carboxylic acids is 5. The molecule has 3 unspecified atom stereocenters. The highest BCUT2D eigenvalue weighted by Gasteiger charge is 2.34. The van der Waals surface area contributed by atoms with Crippen LogP contribution in [0.25, 0.3) is 6.08 Å². The second-order valence-electron chi connectivity index (χ2n) is 10.2. The summed E-state index contributed by atoms with van der Waals surface area (Å²) >= 11 is 0. The molecule has 0 aromatic heterocycles. The summed E-state index contributed by atoms with van der Waals surface area (Å²) in [5.74, 6) is -2.82. The fourth-order valence-electron chi connectivity index (χ4n) is 4.44. The van der Waals surface area contributed by atoms with Crippen molar-refractivity contribution in [1.82, 2.24) is 10.2 Å². The van der Waals surface area contributed by atoms with E-state index in [4.69, 9.17) is 14.2 Å². The first-order valence-corrected chi connectivity index (χ1v) is 16.3. The van der Waals surface area contributed by atoms with Crippen LogP contribution in [0.2, 0.25) is 0 Å². The number of hydrogen-bond acceptors (Lipinski definition) is 10. The second kappa shape index (κ2) is 22.9. The number of carboxylic acid groups (broad SMARTS) is 1. The van der Waals surface area contributed by atoms with Crippen LogP contribution in [-0.4, -0.2) is 88.9 Å². The number of unbranched alkanes of at least 4 members (excludes halogenated alkanes) is 2. The number of carbonyl (C=O) groups is 6. The van der Waals surface area contributed by atoms with Crippen molar-refractivity contribution in [3.05, 3.63) is 42.0 Å². The Morgan fingerprint density at radius 3 is 2.31 bits per heavy atom. The minimum absolute atomic E-state index is 0.0267. The normalized spacial score (nSPS) is 18.3. The minimum atomic E-state index is -1.25. The van der Waals surface area contributed by atoms with Crippen LogP contribution in [0.4, 0.5) is 5.69 Å². The number of hydrogen-bond donors (Lipinski definition) is 4. The molecule has 2 aliphatic heterocycles. The van der Waals surface area contributed by atoms with Gasteiger partial charge in [-0.05, 0) is 36.6 Å². The standard InChI is InChI=1S/C30H37N3O11.2C2H6/c1-19(34)42-15-5-6-20-8-9-23(43-29-18-21(35)17-24(44-29)30(40)41)22(16-20)32-26(37)12-13-31-25(36)7-3-2-4-14-33-27(38)10-11-28(33)39;2*1-2/h5-6,8-11,16,21,24,29,35H,2-4,7,12-15,17-18H2,1H3,(H,31,36)(H,32,37)(H,40,41);2*1-2H3/b6-5+;;. The molecule has 0 bridgehead atoms. The van der Waals surface area contributed by atoms with E-state index in [9.17, 15) is 39.0 Å². The van der Waals surface area contributed by atoms with Gasteiger partial charge >= 0.3 is 11.9 Å². The van der Waals surface area contributed by atoms with Gasteiger partial charge in [0, 0.05) is 57.8 Å². The molecule has 2 aliphatic rings. The summed E-state index contributed by atoms with van der Waals surface area (Å²) in [6, 6.07) is 4.82. The molecule has 3 atom stereocenters. The Kier molecular flexibility index (Phi) is 19.8. The zero-order valence-corrected chi connectivity index (χ0v) is 28.4. The van der Waals surface area contributed by atoms with E-state index in [1.165, 1.54) is 19.1 Å². The zero-order valence-electron chi connectivity index (χ0n) is 28.4. The molecule has 0 aliphatic carbocycles. The molecule has 14 nitrogen and oxygen atoms in total. The fourth-order valence-corrected chi connectivity index (χ4v) is 4.44. The molecule has 3 rings (SSSR count). The lowest BCUT2D eigenvalue weighted by atomic mass is 10.1. The molecule has 1 aromatic carbocycles. The van der Waals surface area contributed by atoms with Gasteiger partial charge in [-0.3, -0.25) is 28.9 Å². The maximum atomic E-state index is 12.7. The number of amides is 4. The Bertz CT molecular complexity index is 1280. The van der Waals surface area contributed by atoms with Crippen LogP contribution < -0.4 is 15.4 Å². The summed E-state index contributed by atoms with van der Waals surface area (Å²) in [5.41, 5.74) is 0.882. The van der Waals surface area contributed by atoms with Gasteiger partial charge < -0.3 is 35.1 Å². The maximum absolute atomic E-state index is 12.7. The molecule has 14 heteroatoms. The minimum Gasteiger partial charge on any atom is -0.479 e. The number of ether oxygens (including phenoxy) is 3. The highest BCUT2D eigenvalue weighted by molar-refractivity contribution is 6.12. The topological polar surface area (TPSA) is 198 Å². The molecule has 4 N–H and O–H groups in total. The Hall–Kier alpha value is -4.56. The summed E-state index contributed by atoms with van der Waals surface area (Å²) in [7, 11) is 0. The number of nitrogens with one attached hydrogen (secondary N) is 2. The largest absolute Gasteiger partial charge is 0.479 e. The van der Waals surface area contributed by atoms with Gasteiger partial charge in [0.1, 0.15) is 12.4 Å². The molecular formula is C34H49N3O11. The van der Waals surface area contributed by atoms with E-state index in [1.807, 2.05) is 27.7 Å². The van der Waals surface area contributed by atoms with Crippen molar-refractivity contribution in [2.24, 2.45) is 0 Å². The van der Waals surface area contributed by atoms with E-state index in [2.05, 4.69) is 10.6 Å². The third-order valence-corrected chi connectivity index (χ3v) is 6.63. The summed E-state index contributed by atoms with van der Waals surface area (Å²) in [5, 5.41) is 24.8. The van der Waals surface area contributed by atoms with E-state index in [0.717, 1.165) is 4.90 Å². The second-order valence-corrected chi connectivity index (χ2v) is 10.2. The average molecular weight is 676 g/mol. The predicted molar refractivity (Wildman–Crippen MR) is 178 cm³/mol. The molecule has 1 saturated heterocycles.